The van der Waals surface area contributed by atoms with Crippen LogP contribution in [0.15, 0.2) is 30.3 Å². The number of ether oxygens (including phenoxy) is 2. The zero-order valence-corrected chi connectivity index (χ0v) is 15.0. The summed E-state index contributed by atoms with van der Waals surface area (Å²) in [5.41, 5.74) is 1.31. The largest absolute Gasteiger partial charge is 0.480 e. The number of carboxylic acid groups (broad SMARTS) is 1. The molecular formula is C20H29NO4. The maximum absolute atomic E-state index is 10.8. The van der Waals surface area contributed by atoms with E-state index in [1.54, 1.807) is 0 Å². The van der Waals surface area contributed by atoms with Gasteiger partial charge in [-0.05, 0) is 50.6 Å². The van der Waals surface area contributed by atoms with E-state index in [1.165, 1.54) is 5.56 Å². The summed E-state index contributed by atoms with van der Waals surface area (Å²) < 4.78 is 11.5. The van der Waals surface area contributed by atoms with Gasteiger partial charge in [0, 0.05) is 19.7 Å². The third kappa shape index (κ3) is 4.40. The lowest BCUT2D eigenvalue weighted by atomic mass is 9.79. The standard InChI is InChI=1S/C20H29NO4/c1-24-20-10-9-17(25-15-19(22)23)14-18(20)21(13-11-20)12-5-8-16-6-3-2-4-7-16/h2-4,6-7,17-18H,5,8-15H2,1H3,(H,22,23)/t17-,18+,20-/m1/s1. The molecule has 1 aliphatic heterocycles. The van der Waals surface area contributed by atoms with Gasteiger partial charge in [-0.1, -0.05) is 30.3 Å². The van der Waals surface area contributed by atoms with Gasteiger partial charge in [0.2, 0.25) is 0 Å². The normalized spacial score (nSPS) is 29.5. The van der Waals surface area contributed by atoms with Crippen LogP contribution in [0.25, 0.3) is 0 Å². The average molecular weight is 347 g/mol. The van der Waals surface area contributed by atoms with Crippen LogP contribution in [0.1, 0.15) is 37.7 Å². The van der Waals surface area contributed by atoms with Crippen molar-refractivity contribution in [2.75, 3.05) is 26.8 Å². The number of fused-ring (bicyclic) bond motifs is 1. The number of aliphatic carboxylic acids is 1. The molecule has 0 amide bonds. The fourth-order valence-corrected chi connectivity index (χ4v) is 4.49. The molecule has 1 aromatic rings. The molecular weight excluding hydrogens is 318 g/mol. The molecule has 1 N–H and O–H groups in total. The molecule has 5 nitrogen and oxygen atoms in total. The molecule has 138 valence electrons. The third-order valence-electron chi connectivity index (χ3n) is 5.85. The Morgan fingerprint density at radius 1 is 1.32 bits per heavy atom. The first-order valence-corrected chi connectivity index (χ1v) is 9.29. The molecule has 1 heterocycles. The van der Waals surface area contributed by atoms with E-state index in [-0.39, 0.29) is 18.3 Å². The molecule has 3 atom stereocenters. The van der Waals surface area contributed by atoms with Crippen LogP contribution in [0.2, 0.25) is 0 Å². The molecule has 1 aromatic carbocycles. The highest BCUT2D eigenvalue weighted by Gasteiger charge is 2.50. The summed E-state index contributed by atoms with van der Waals surface area (Å²) in [6, 6.07) is 10.9. The highest BCUT2D eigenvalue weighted by atomic mass is 16.5. The lowest BCUT2D eigenvalue weighted by Crippen LogP contribution is -2.52. The second kappa shape index (κ2) is 8.30. The van der Waals surface area contributed by atoms with E-state index in [4.69, 9.17) is 14.6 Å². The van der Waals surface area contributed by atoms with Crippen molar-refractivity contribution in [3.05, 3.63) is 35.9 Å². The Balaban J connectivity index is 1.55. The highest BCUT2D eigenvalue weighted by Crippen LogP contribution is 2.43. The number of carbonyl (C=O) groups is 1. The van der Waals surface area contributed by atoms with Crippen LogP contribution in [0.4, 0.5) is 0 Å². The van der Waals surface area contributed by atoms with Gasteiger partial charge in [-0.2, -0.15) is 0 Å². The van der Waals surface area contributed by atoms with Gasteiger partial charge in [-0.15, -0.1) is 0 Å². The molecule has 1 aliphatic carbocycles. The number of aryl methyl sites for hydroxylation is 1. The summed E-state index contributed by atoms with van der Waals surface area (Å²) in [7, 11) is 1.82. The Bertz CT molecular complexity index is 564. The number of nitrogens with zero attached hydrogens (tertiary/aromatic N) is 1. The second-order valence-electron chi connectivity index (χ2n) is 7.26. The summed E-state index contributed by atoms with van der Waals surface area (Å²) in [6.45, 7) is 1.90. The fourth-order valence-electron chi connectivity index (χ4n) is 4.49. The van der Waals surface area contributed by atoms with Crippen molar-refractivity contribution in [3.8, 4) is 0 Å². The van der Waals surface area contributed by atoms with Crippen LogP contribution in [0, 0.1) is 0 Å². The van der Waals surface area contributed by atoms with Gasteiger partial charge in [0.25, 0.3) is 0 Å². The topological polar surface area (TPSA) is 59.0 Å². The van der Waals surface area contributed by atoms with Crippen molar-refractivity contribution < 1.29 is 19.4 Å². The van der Waals surface area contributed by atoms with Crippen LogP contribution >= 0.6 is 0 Å². The summed E-state index contributed by atoms with van der Waals surface area (Å²) in [6.07, 6.45) is 6.00. The molecule has 1 saturated heterocycles. The third-order valence-corrected chi connectivity index (χ3v) is 5.85. The van der Waals surface area contributed by atoms with Crippen LogP contribution in [-0.4, -0.2) is 60.5 Å². The summed E-state index contributed by atoms with van der Waals surface area (Å²) in [5, 5.41) is 8.84. The van der Waals surface area contributed by atoms with Gasteiger partial charge in [0.15, 0.2) is 0 Å². The predicted octanol–water partition coefficient (Wildman–Crippen LogP) is 2.73. The summed E-state index contributed by atoms with van der Waals surface area (Å²) in [4.78, 5) is 13.3. The predicted molar refractivity (Wildman–Crippen MR) is 95.7 cm³/mol. The van der Waals surface area contributed by atoms with Gasteiger partial charge in [-0.25, -0.2) is 4.79 Å². The lowest BCUT2D eigenvalue weighted by Gasteiger charge is -2.43. The molecule has 5 heteroatoms. The van der Waals surface area contributed by atoms with Crippen molar-refractivity contribution in [2.24, 2.45) is 0 Å². The Morgan fingerprint density at radius 2 is 2.12 bits per heavy atom. The quantitative estimate of drug-likeness (QED) is 0.783. The molecule has 0 spiro atoms. The van der Waals surface area contributed by atoms with E-state index in [0.717, 1.165) is 51.6 Å². The first kappa shape index (κ1) is 18.4. The Labute approximate surface area is 149 Å². The van der Waals surface area contributed by atoms with E-state index < -0.39 is 5.97 Å². The summed E-state index contributed by atoms with van der Waals surface area (Å²) in [5.74, 6) is -0.894. The number of rotatable bonds is 8. The Hall–Kier alpha value is -1.43. The smallest absolute Gasteiger partial charge is 0.329 e. The number of methoxy groups -OCH3 is 1. The monoisotopic (exact) mass is 347 g/mol. The first-order valence-electron chi connectivity index (χ1n) is 9.29. The van der Waals surface area contributed by atoms with Crippen LogP contribution in [-0.2, 0) is 20.7 Å². The average Bonchev–Trinajstić information content (AvgIpc) is 2.99. The van der Waals surface area contributed by atoms with E-state index in [2.05, 4.69) is 35.2 Å². The number of benzene rings is 1. The van der Waals surface area contributed by atoms with E-state index in [9.17, 15) is 4.79 Å². The number of likely N-dealkylation sites (tertiary alicyclic amines) is 1. The van der Waals surface area contributed by atoms with Crippen molar-refractivity contribution in [2.45, 2.75) is 56.3 Å². The van der Waals surface area contributed by atoms with Crippen LogP contribution in [0.5, 0.6) is 0 Å². The molecule has 0 aromatic heterocycles. The van der Waals surface area contributed by atoms with Gasteiger partial charge in [0.05, 0.1) is 11.7 Å². The molecule has 3 rings (SSSR count). The zero-order valence-electron chi connectivity index (χ0n) is 15.0. The number of carboxylic acids is 1. The van der Waals surface area contributed by atoms with Crippen molar-refractivity contribution in [3.63, 3.8) is 0 Å². The summed E-state index contributed by atoms with van der Waals surface area (Å²) >= 11 is 0. The number of hydrogen-bond donors (Lipinski definition) is 1. The lowest BCUT2D eigenvalue weighted by molar-refractivity contribution is -0.148. The maximum Gasteiger partial charge on any atom is 0.329 e. The van der Waals surface area contributed by atoms with Gasteiger partial charge in [0.1, 0.15) is 6.61 Å². The molecule has 0 radical (unpaired) electrons. The van der Waals surface area contributed by atoms with E-state index in [1.807, 2.05) is 7.11 Å². The zero-order chi connectivity index (χ0) is 17.7. The van der Waals surface area contributed by atoms with E-state index >= 15 is 0 Å². The minimum Gasteiger partial charge on any atom is -0.480 e. The number of hydrogen-bond acceptors (Lipinski definition) is 4. The minimum absolute atomic E-state index is 0.0269. The first-order chi connectivity index (χ1) is 12.1. The molecule has 2 aliphatic rings. The minimum atomic E-state index is -0.894. The van der Waals surface area contributed by atoms with Crippen molar-refractivity contribution >= 4 is 5.97 Å². The van der Waals surface area contributed by atoms with E-state index in [0.29, 0.717) is 6.04 Å². The maximum atomic E-state index is 10.8. The fraction of sp³-hybridized carbons (Fsp3) is 0.650. The van der Waals surface area contributed by atoms with Gasteiger partial charge < -0.3 is 14.6 Å². The Morgan fingerprint density at radius 3 is 2.84 bits per heavy atom. The molecule has 2 fully saturated rings. The molecule has 1 saturated carbocycles. The SMILES string of the molecule is CO[C@@]12CC[C@@H](OCC(=O)O)C[C@@H]1N(CCCc1ccccc1)CC2. The molecule has 0 unspecified atom stereocenters. The highest BCUT2D eigenvalue weighted by molar-refractivity contribution is 5.68. The van der Waals surface area contributed by atoms with Crippen LogP contribution in [0.3, 0.4) is 0 Å². The van der Waals surface area contributed by atoms with Gasteiger partial charge >= 0.3 is 5.97 Å². The molecule has 25 heavy (non-hydrogen) atoms. The van der Waals surface area contributed by atoms with Gasteiger partial charge in [-0.3, -0.25) is 4.90 Å². The molecule has 0 bridgehead atoms. The second-order valence-corrected chi connectivity index (χ2v) is 7.26. The van der Waals surface area contributed by atoms with Crippen molar-refractivity contribution in [1.82, 2.24) is 4.90 Å². The van der Waals surface area contributed by atoms with Crippen LogP contribution < -0.4 is 0 Å². The Kier molecular flexibility index (Phi) is 6.10. The van der Waals surface area contributed by atoms with Crippen molar-refractivity contribution in [1.29, 1.82) is 0 Å².